The van der Waals surface area contributed by atoms with E-state index < -0.39 is 0 Å². The second kappa shape index (κ2) is 4.86. The zero-order chi connectivity index (χ0) is 13.2. The molecule has 94 valence electrons. The summed E-state index contributed by atoms with van der Waals surface area (Å²) in [5.74, 6) is 0.778. The molecule has 0 aliphatic rings. The number of hydrogen-bond acceptors (Lipinski definition) is 3. The molecule has 3 rings (SSSR count). The van der Waals surface area contributed by atoms with Crippen LogP contribution in [0.25, 0.3) is 22.4 Å². The molecule has 3 nitrogen and oxygen atoms in total. The Morgan fingerprint density at radius 2 is 1.79 bits per heavy atom. The van der Waals surface area contributed by atoms with Crippen molar-refractivity contribution in [3.05, 3.63) is 64.5 Å². The Hall–Kier alpha value is -2.13. The normalized spacial score (nSPS) is 10.8. The first kappa shape index (κ1) is 11.9. The summed E-state index contributed by atoms with van der Waals surface area (Å²) in [7, 11) is 0. The van der Waals surface area contributed by atoms with E-state index in [0.717, 1.165) is 11.1 Å². The largest absolute Gasteiger partial charge is 0.403 e. The van der Waals surface area contributed by atoms with Crippen LogP contribution in [0.15, 0.2) is 57.7 Å². The van der Waals surface area contributed by atoms with Crippen molar-refractivity contribution in [3.63, 3.8) is 0 Å². The molecule has 0 atom stereocenters. The molecule has 1 heterocycles. The van der Waals surface area contributed by atoms with Crippen LogP contribution in [-0.4, -0.2) is 4.98 Å². The Labute approximate surface area is 114 Å². The lowest BCUT2D eigenvalue weighted by Crippen LogP contribution is -2.02. The molecule has 1 aromatic heterocycles. The Morgan fingerprint density at radius 3 is 2.53 bits per heavy atom. The monoisotopic (exact) mass is 271 g/mol. The maximum absolute atomic E-state index is 11.9. The topological polar surface area (TPSA) is 43.1 Å². The maximum Gasteiger partial charge on any atom is 0.347 e. The maximum atomic E-state index is 11.9. The van der Waals surface area contributed by atoms with E-state index in [9.17, 15) is 4.79 Å². The van der Waals surface area contributed by atoms with Crippen molar-refractivity contribution < 1.29 is 4.42 Å². The quantitative estimate of drug-likeness (QED) is 0.669. The molecule has 0 aliphatic heterocycles. The lowest BCUT2D eigenvalue weighted by molar-refractivity contribution is 0.518. The highest BCUT2D eigenvalue weighted by Crippen LogP contribution is 2.19. The number of rotatable bonds is 2. The van der Waals surface area contributed by atoms with Crippen LogP contribution in [0.4, 0.5) is 0 Å². The lowest BCUT2D eigenvalue weighted by atomic mass is 10.1. The molecule has 3 aromatic rings. The molecule has 0 amide bonds. The molecule has 4 heteroatoms. The summed E-state index contributed by atoms with van der Waals surface area (Å²) in [6, 6.07) is 14.6. The molecule has 0 unspecified atom stereocenters. The predicted octanol–water partition coefficient (Wildman–Crippen LogP) is 3.59. The van der Waals surface area contributed by atoms with E-state index in [1.165, 1.54) is 0 Å². The Balaban J connectivity index is 2.16. The third kappa shape index (κ3) is 2.25. The number of nitrogens with zero attached hydrogens (tertiary/aromatic N) is 1. The SMILES string of the molecule is O=c1oc(-c2ccc(CCl)cc2)nc2ccccc12. The molecule has 0 radical (unpaired) electrons. The van der Waals surface area contributed by atoms with E-state index in [1.807, 2.05) is 30.3 Å². The molecule has 0 spiro atoms. The van der Waals surface area contributed by atoms with E-state index in [1.54, 1.807) is 18.2 Å². The van der Waals surface area contributed by atoms with Crippen LogP contribution in [0.3, 0.4) is 0 Å². The van der Waals surface area contributed by atoms with Crippen molar-refractivity contribution in [1.82, 2.24) is 4.98 Å². The fourth-order valence-electron chi connectivity index (χ4n) is 1.88. The molecule has 0 saturated carbocycles. The van der Waals surface area contributed by atoms with E-state index in [-0.39, 0.29) is 5.63 Å². The van der Waals surface area contributed by atoms with Crippen LogP contribution in [0.2, 0.25) is 0 Å². The molecule has 0 bridgehead atoms. The number of para-hydroxylation sites is 1. The summed E-state index contributed by atoms with van der Waals surface area (Å²) in [6.45, 7) is 0. The van der Waals surface area contributed by atoms with Crippen molar-refractivity contribution in [3.8, 4) is 11.5 Å². The average Bonchev–Trinajstić information content (AvgIpc) is 2.47. The van der Waals surface area contributed by atoms with Crippen LogP contribution in [0.1, 0.15) is 5.56 Å². The summed E-state index contributed by atoms with van der Waals surface area (Å²) in [5.41, 5.74) is 2.03. The van der Waals surface area contributed by atoms with Crippen LogP contribution in [0.5, 0.6) is 0 Å². The molecular weight excluding hydrogens is 262 g/mol. The minimum Gasteiger partial charge on any atom is -0.403 e. The van der Waals surface area contributed by atoms with Crippen molar-refractivity contribution in [1.29, 1.82) is 0 Å². The van der Waals surface area contributed by atoms with E-state index in [2.05, 4.69) is 4.98 Å². The summed E-state index contributed by atoms with van der Waals surface area (Å²) < 4.78 is 5.25. The van der Waals surface area contributed by atoms with E-state index in [0.29, 0.717) is 22.7 Å². The molecule has 0 N–H and O–H groups in total. The highest BCUT2D eigenvalue weighted by Gasteiger charge is 2.07. The van der Waals surface area contributed by atoms with Gasteiger partial charge in [0.1, 0.15) is 0 Å². The third-order valence-electron chi connectivity index (χ3n) is 2.89. The van der Waals surface area contributed by atoms with Crippen LogP contribution >= 0.6 is 11.6 Å². The van der Waals surface area contributed by atoms with Gasteiger partial charge < -0.3 is 4.42 Å². The fourth-order valence-corrected chi connectivity index (χ4v) is 2.06. The molecule has 0 fully saturated rings. The summed E-state index contributed by atoms with van der Waals surface area (Å²) in [4.78, 5) is 16.2. The van der Waals surface area contributed by atoms with Gasteiger partial charge in [-0.2, -0.15) is 0 Å². The van der Waals surface area contributed by atoms with Crippen LogP contribution < -0.4 is 5.63 Å². The highest BCUT2D eigenvalue weighted by atomic mass is 35.5. The Bertz CT molecular complexity index is 778. The van der Waals surface area contributed by atoms with E-state index >= 15 is 0 Å². The Kier molecular flexibility index (Phi) is 3.05. The number of aromatic nitrogens is 1. The number of alkyl halides is 1. The molecule has 2 aromatic carbocycles. The minimum atomic E-state index is -0.373. The Morgan fingerprint density at radius 1 is 1.05 bits per heavy atom. The minimum absolute atomic E-state index is 0.324. The van der Waals surface area contributed by atoms with Crippen molar-refractivity contribution >= 4 is 22.5 Å². The van der Waals surface area contributed by atoms with Crippen molar-refractivity contribution in [2.45, 2.75) is 5.88 Å². The molecular formula is C15H10ClNO2. The fraction of sp³-hybridized carbons (Fsp3) is 0.0667. The number of fused-ring (bicyclic) bond motifs is 1. The zero-order valence-electron chi connectivity index (χ0n) is 9.97. The van der Waals surface area contributed by atoms with Gasteiger partial charge in [0.25, 0.3) is 0 Å². The van der Waals surface area contributed by atoms with Gasteiger partial charge in [0, 0.05) is 11.4 Å². The van der Waals surface area contributed by atoms with Gasteiger partial charge in [-0.25, -0.2) is 9.78 Å². The van der Waals surface area contributed by atoms with Gasteiger partial charge >= 0.3 is 5.63 Å². The smallest absolute Gasteiger partial charge is 0.347 e. The zero-order valence-corrected chi connectivity index (χ0v) is 10.7. The molecule has 0 aliphatic carbocycles. The van der Waals surface area contributed by atoms with Gasteiger partial charge in [-0.1, -0.05) is 24.3 Å². The summed E-state index contributed by atoms with van der Waals surface area (Å²) in [6.07, 6.45) is 0. The van der Waals surface area contributed by atoms with Crippen molar-refractivity contribution in [2.75, 3.05) is 0 Å². The first-order valence-corrected chi connectivity index (χ1v) is 6.36. The highest BCUT2D eigenvalue weighted by molar-refractivity contribution is 6.17. The van der Waals surface area contributed by atoms with E-state index in [4.69, 9.17) is 16.0 Å². The van der Waals surface area contributed by atoms with Gasteiger partial charge in [0.2, 0.25) is 5.89 Å². The summed E-state index contributed by atoms with van der Waals surface area (Å²) in [5, 5.41) is 0.489. The predicted molar refractivity (Wildman–Crippen MR) is 75.3 cm³/mol. The number of hydrogen-bond donors (Lipinski definition) is 0. The standard InChI is InChI=1S/C15H10ClNO2/c16-9-10-5-7-11(8-6-10)14-17-13-4-2-1-3-12(13)15(18)19-14/h1-8H,9H2. The second-order valence-electron chi connectivity index (χ2n) is 4.15. The van der Waals surface area contributed by atoms with Gasteiger partial charge in [0.15, 0.2) is 0 Å². The second-order valence-corrected chi connectivity index (χ2v) is 4.42. The van der Waals surface area contributed by atoms with Crippen LogP contribution in [0, 0.1) is 0 Å². The van der Waals surface area contributed by atoms with Gasteiger partial charge in [0.05, 0.1) is 10.9 Å². The molecule has 0 saturated heterocycles. The van der Waals surface area contributed by atoms with Gasteiger partial charge in [-0.3, -0.25) is 0 Å². The first-order valence-electron chi connectivity index (χ1n) is 5.83. The first-order chi connectivity index (χ1) is 9.28. The third-order valence-corrected chi connectivity index (χ3v) is 3.20. The summed E-state index contributed by atoms with van der Waals surface area (Å²) >= 11 is 5.74. The number of halogens is 1. The van der Waals surface area contributed by atoms with Gasteiger partial charge in [-0.15, -0.1) is 11.6 Å². The molecule has 19 heavy (non-hydrogen) atoms. The number of benzene rings is 2. The van der Waals surface area contributed by atoms with Crippen LogP contribution in [-0.2, 0) is 5.88 Å². The van der Waals surface area contributed by atoms with Crippen molar-refractivity contribution in [2.24, 2.45) is 0 Å². The lowest BCUT2D eigenvalue weighted by Gasteiger charge is -2.02. The van der Waals surface area contributed by atoms with Gasteiger partial charge in [-0.05, 0) is 29.8 Å². The average molecular weight is 272 g/mol.